The molecule has 0 radical (unpaired) electrons. The van der Waals surface area contributed by atoms with Gasteiger partial charge in [-0.15, -0.1) is 0 Å². The SMILES string of the molecule is CC(O)(CCNC(C)(C)C)Cc1cc(F)ccc1F. The third kappa shape index (κ3) is 6.12. The summed E-state index contributed by atoms with van der Waals surface area (Å²) in [4.78, 5) is 0. The van der Waals surface area contributed by atoms with Gasteiger partial charge in [-0.1, -0.05) is 0 Å². The van der Waals surface area contributed by atoms with Gasteiger partial charge in [0.15, 0.2) is 0 Å². The van der Waals surface area contributed by atoms with E-state index in [1.54, 1.807) is 6.92 Å². The van der Waals surface area contributed by atoms with Crippen LogP contribution in [-0.2, 0) is 6.42 Å². The van der Waals surface area contributed by atoms with Crippen LogP contribution in [0.3, 0.4) is 0 Å². The van der Waals surface area contributed by atoms with Crippen LogP contribution in [0.4, 0.5) is 8.78 Å². The van der Waals surface area contributed by atoms with Gasteiger partial charge in [0.1, 0.15) is 11.6 Å². The Bertz CT molecular complexity index is 425. The molecule has 0 aliphatic rings. The van der Waals surface area contributed by atoms with Gasteiger partial charge in [-0.2, -0.15) is 0 Å². The third-order valence-corrected chi connectivity index (χ3v) is 2.90. The molecule has 0 aromatic heterocycles. The quantitative estimate of drug-likeness (QED) is 0.862. The lowest BCUT2D eigenvalue weighted by molar-refractivity contribution is 0.0490. The largest absolute Gasteiger partial charge is 0.390 e. The van der Waals surface area contributed by atoms with Gasteiger partial charge < -0.3 is 10.4 Å². The van der Waals surface area contributed by atoms with Gasteiger partial charge >= 0.3 is 0 Å². The van der Waals surface area contributed by atoms with Crippen molar-refractivity contribution in [2.45, 2.75) is 51.7 Å². The Balaban J connectivity index is 2.61. The minimum absolute atomic E-state index is 0.0276. The van der Waals surface area contributed by atoms with Crippen molar-refractivity contribution in [3.05, 3.63) is 35.4 Å². The van der Waals surface area contributed by atoms with Crippen LogP contribution in [0.2, 0.25) is 0 Å². The Morgan fingerprint density at radius 1 is 1.16 bits per heavy atom. The monoisotopic (exact) mass is 271 g/mol. The summed E-state index contributed by atoms with van der Waals surface area (Å²) in [6.07, 6.45) is 0.572. The number of hydrogen-bond donors (Lipinski definition) is 2. The van der Waals surface area contributed by atoms with E-state index < -0.39 is 17.2 Å². The van der Waals surface area contributed by atoms with Crippen molar-refractivity contribution in [3.63, 3.8) is 0 Å². The number of halogens is 2. The molecule has 1 unspecified atom stereocenters. The standard InChI is InChI=1S/C15H23F2NO/c1-14(2,3)18-8-7-15(4,19)10-11-9-12(16)5-6-13(11)17/h5-6,9,18-19H,7-8,10H2,1-4H3. The molecule has 1 aromatic rings. The summed E-state index contributed by atoms with van der Waals surface area (Å²) >= 11 is 0. The van der Waals surface area contributed by atoms with Gasteiger partial charge in [-0.25, -0.2) is 8.78 Å². The molecule has 0 aliphatic carbocycles. The van der Waals surface area contributed by atoms with Crippen molar-refractivity contribution in [2.24, 2.45) is 0 Å². The second-order valence-corrected chi connectivity index (χ2v) is 6.34. The first kappa shape index (κ1) is 16.1. The summed E-state index contributed by atoms with van der Waals surface area (Å²) in [5, 5.41) is 13.5. The molecule has 0 saturated carbocycles. The molecule has 19 heavy (non-hydrogen) atoms. The average Bonchev–Trinajstić information content (AvgIpc) is 2.20. The Morgan fingerprint density at radius 3 is 2.37 bits per heavy atom. The fourth-order valence-corrected chi connectivity index (χ4v) is 1.88. The van der Waals surface area contributed by atoms with Crippen molar-refractivity contribution in [1.29, 1.82) is 0 Å². The zero-order valence-corrected chi connectivity index (χ0v) is 12.1. The van der Waals surface area contributed by atoms with Gasteiger partial charge in [-0.05, 0) is 64.4 Å². The Kier molecular flexibility index (Phi) is 5.04. The van der Waals surface area contributed by atoms with Gasteiger partial charge in [0.2, 0.25) is 0 Å². The van der Waals surface area contributed by atoms with Crippen LogP contribution < -0.4 is 5.32 Å². The number of rotatable bonds is 5. The predicted octanol–water partition coefficient (Wildman–Crippen LogP) is 3.04. The van der Waals surface area contributed by atoms with Crippen LogP contribution in [0.1, 0.15) is 39.7 Å². The summed E-state index contributed by atoms with van der Waals surface area (Å²) in [7, 11) is 0. The van der Waals surface area contributed by atoms with E-state index in [9.17, 15) is 13.9 Å². The molecule has 0 spiro atoms. The van der Waals surface area contributed by atoms with Crippen LogP contribution >= 0.6 is 0 Å². The zero-order valence-electron chi connectivity index (χ0n) is 12.1. The molecule has 0 bridgehead atoms. The van der Waals surface area contributed by atoms with E-state index in [2.05, 4.69) is 5.32 Å². The topological polar surface area (TPSA) is 32.3 Å². The van der Waals surface area contributed by atoms with Crippen LogP contribution in [0.25, 0.3) is 0 Å². The molecule has 1 aromatic carbocycles. The minimum Gasteiger partial charge on any atom is -0.390 e. The smallest absolute Gasteiger partial charge is 0.126 e. The lowest BCUT2D eigenvalue weighted by atomic mass is 9.92. The Morgan fingerprint density at radius 2 is 1.79 bits per heavy atom. The molecule has 2 N–H and O–H groups in total. The van der Waals surface area contributed by atoms with Crippen molar-refractivity contribution in [1.82, 2.24) is 5.32 Å². The lowest BCUT2D eigenvalue weighted by Gasteiger charge is -2.27. The van der Waals surface area contributed by atoms with Crippen LogP contribution in [0.5, 0.6) is 0 Å². The summed E-state index contributed by atoms with van der Waals surface area (Å²) in [6.45, 7) is 8.37. The fourth-order valence-electron chi connectivity index (χ4n) is 1.88. The molecule has 0 amide bonds. The highest BCUT2D eigenvalue weighted by atomic mass is 19.1. The fraction of sp³-hybridized carbons (Fsp3) is 0.600. The van der Waals surface area contributed by atoms with E-state index in [0.29, 0.717) is 13.0 Å². The maximum atomic E-state index is 13.5. The van der Waals surface area contributed by atoms with Crippen molar-refractivity contribution >= 4 is 0 Å². The number of nitrogens with one attached hydrogen (secondary N) is 1. The van der Waals surface area contributed by atoms with Crippen molar-refractivity contribution in [2.75, 3.05) is 6.54 Å². The third-order valence-electron chi connectivity index (χ3n) is 2.90. The van der Waals surface area contributed by atoms with Crippen LogP contribution in [-0.4, -0.2) is 22.8 Å². The number of hydrogen-bond acceptors (Lipinski definition) is 2. The van der Waals surface area contributed by atoms with Gasteiger partial charge in [0.05, 0.1) is 5.60 Å². The summed E-state index contributed by atoms with van der Waals surface area (Å²) in [5.74, 6) is -0.967. The highest BCUT2D eigenvalue weighted by Crippen LogP contribution is 2.20. The molecular weight excluding hydrogens is 248 g/mol. The number of benzene rings is 1. The summed E-state index contributed by atoms with van der Waals surface area (Å²) in [6, 6.07) is 3.31. The zero-order chi connectivity index (χ0) is 14.7. The normalized spacial score (nSPS) is 15.3. The molecule has 0 aliphatic heterocycles. The van der Waals surface area contributed by atoms with Crippen molar-refractivity contribution < 1.29 is 13.9 Å². The van der Waals surface area contributed by atoms with E-state index in [-0.39, 0.29) is 17.5 Å². The van der Waals surface area contributed by atoms with Gasteiger partial charge in [0, 0.05) is 12.0 Å². The summed E-state index contributed by atoms with van der Waals surface area (Å²) < 4.78 is 26.6. The number of aliphatic hydroxyl groups is 1. The molecule has 0 heterocycles. The van der Waals surface area contributed by atoms with E-state index in [4.69, 9.17) is 0 Å². The van der Waals surface area contributed by atoms with E-state index in [0.717, 1.165) is 18.2 Å². The molecule has 0 fully saturated rings. The van der Waals surface area contributed by atoms with E-state index in [1.165, 1.54) is 0 Å². The highest BCUT2D eigenvalue weighted by Gasteiger charge is 2.23. The molecule has 4 heteroatoms. The predicted molar refractivity (Wildman–Crippen MR) is 73.1 cm³/mol. The van der Waals surface area contributed by atoms with Crippen LogP contribution in [0.15, 0.2) is 18.2 Å². The average molecular weight is 271 g/mol. The van der Waals surface area contributed by atoms with Crippen LogP contribution in [0, 0.1) is 11.6 Å². The van der Waals surface area contributed by atoms with Gasteiger partial charge in [0.25, 0.3) is 0 Å². The first-order chi connectivity index (χ1) is 8.59. The first-order valence-electron chi connectivity index (χ1n) is 6.50. The second-order valence-electron chi connectivity index (χ2n) is 6.34. The van der Waals surface area contributed by atoms with Gasteiger partial charge in [-0.3, -0.25) is 0 Å². The summed E-state index contributed by atoms with van der Waals surface area (Å²) in [5.41, 5.74) is -0.881. The second kappa shape index (κ2) is 5.97. The molecule has 2 nitrogen and oxygen atoms in total. The molecule has 1 atom stereocenters. The molecular formula is C15H23F2NO. The minimum atomic E-state index is -1.06. The molecule has 0 saturated heterocycles. The van der Waals surface area contributed by atoms with Crippen molar-refractivity contribution in [3.8, 4) is 0 Å². The molecule has 108 valence electrons. The first-order valence-corrected chi connectivity index (χ1v) is 6.50. The Hall–Kier alpha value is -1.00. The lowest BCUT2D eigenvalue weighted by Crippen LogP contribution is -2.40. The highest BCUT2D eigenvalue weighted by molar-refractivity contribution is 5.20. The maximum Gasteiger partial charge on any atom is 0.126 e. The van der Waals surface area contributed by atoms with E-state index in [1.807, 2.05) is 20.8 Å². The maximum absolute atomic E-state index is 13.5. The Labute approximate surface area is 113 Å². The van der Waals surface area contributed by atoms with E-state index >= 15 is 0 Å². The molecule has 1 rings (SSSR count).